The second kappa shape index (κ2) is 5.66. The van der Waals surface area contributed by atoms with Crippen molar-refractivity contribution in [3.05, 3.63) is 18.5 Å². The van der Waals surface area contributed by atoms with Gasteiger partial charge in [0.15, 0.2) is 0 Å². The van der Waals surface area contributed by atoms with Gasteiger partial charge in [-0.3, -0.25) is 9.78 Å². The minimum atomic E-state index is 0.0935. The summed E-state index contributed by atoms with van der Waals surface area (Å²) in [6.45, 7) is 0. The van der Waals surface area contributed by atoms with Crippen LogP contribution in [-0.4, -0.2) is 18.0 Å². The van der Waals surface area contributed by atoms with Crippen LogP contribution in [0.3, 0.4) is 0 Å². The van der Waals surface area contributed by atoms with Gasteiger partial charge in [0.25, 0.3) is 0 Å². The number of rotatable bonds is 3. The van der Waals surface area contributed by atoms with Crippen molar-refractivity contribution < 1.29 is 9.53 Å². The van der Waals surface area contributed by atoms with Gasteiger partial charge in [-0.25, -0.2) is 0 Å². The molecule has 0 unspecified atom stereocenters. The van der Waals surface area contributed by atoms with Gasteiger partial charge in [-0.05, 0) is 12.8 Å². The molecule has 4 nitrogen and oxygen atoms in total. The largest absolute Gasteiger partial charge is 0.494 e. The Balaban J connectivity index is 2.01. The summed E-state index contributed by atoms with van der Waals surface area (Å²) in [5.41, 5.74) is 0.658. The molecule has 1 aliphatic rings. The predicted molar refractivity (Wildman–Crippen MR) is 66.0 cm³/mol. The van der Waals surface area contributed by atoms with Crippen molar-refractivity contribution in [2.75, 3.05) is 12.4 Å². The highest BCUT2D eigenvalue weighted by Crippen LogP contribution is 2.27. The van der Waals surface area contributed by atoms with E-state index in [0.717, 1.165) is 25.7 Å². The van der Waals surface area contributed by atoms with Crippen LogP contribution in [0.1, 0.15) is 32.1 Å². The number of anilines is 1. The fraction of sp³-hybridized carbons (Fsp3) is 0.538. The zero-order chi connectivity index (χ0) is 12.1. The lowest BCUT2D eigenvalue weighted by Crippen LogP contribution is -2.24. The van der Waals surface area contributed by atoms with E-state index in [4.69, 9.17) is 4.74 Å². The summed E-state index contributed by atoms with van der Waals surface area (Å²) in [5.74, 6) is 0.897. The molecule has 0 saturated heterocycles. The third kappa shape index (κ3) is 2.96. The standard InChI is InChI=1S/C13H18N2O2/c1-17-12-7-8-14-9-11(12)15-13(16)10-5-3-2-4-6-10/h7-10H,2-6H2,1H3,(H,15,16). The van der Waals surface area contributed by atoms with Crippen LogP contribution in [0.5, 0.6) is 5.75 Å². The summed E-state index contributed by atoms with van der Waals surface area (Å²) in [5, 5.41) is 2.90. The minimum absolute atomic E-state index is 0.0935. The molecule has 0 aromatic carbocycles. The van der Waals surface area contributed by atoms with Gasteiger partial charge in [-0.15, -0.1) is 0 Å². The maximum atomic E-state index is 12.0. The maximum Gasteiger partial charge on any atom is 0.227 e. The van der Waals surface area contributed by atoms with Crippen molar-refractivity contribution in [2.24, 2.45) is 5.92 Å². The van der Waals surface area contributed by atoms with Gasteiger partial charge in [0, 0.05) is 18.2 Å². The molecule has 2 rings (SSSR count). The summed E-state index contributed by atoms with van der Waals surface area (Å²) in [7, 11) is 1.59. The topological polar surface area (TPSA) is 51.2 Å². The third-order valence-corrected chi connectivity index (χ3v) is 3.23. The first-order valence-electron chi connectivity index (χ1n) is 6.10. The first-order valence-corrected chi connectivity index (χ1v) is 6.10. The second-order valence-electron chi connectivity index (χ2n) is 4.40. The van der Waals surface area contributed by atoms with Crippen LogP contribution >= 0.6 is 0 Å². The number of pyridine rings is 1. The van der Waals surface area contributed by atoms with Crippen molar-refractivity contribution in [3.8, 4) is 5.75 Å². The van der Waals surface area contributed by atoms with Crippen molar-refractivity contribution in [2.45, 2.75) is 32.1 Å². The first kappa shape index (κ1) is 11.9. The molecule has 1 aromatic rings. The molecule has 1 amide bonds. The van der Waals surface area contributed by atoms with E-state index in [1.54, 1.807) is 25.6 Å². The highest BCUT2D eigenvalue weighted by atomic mass is 16.5. The van der Waals surface area contributed by atoms with Gasteiger partial charge in [-0.2, -0.15) is 0 Å². The zero-order valence-electron chi connectivity index (χ0n) is 10.1. The van der Waals surface area contributed by atoms with Crippen LogP contribution < -0.4 is 10.1 Å². The summed E-state index contributed by atoms with van der Waals surface area (Å²) in [4.78, 5) is 16.0. The molecule has 0 spiro atoms. The number of hydrogen-bond acceptors (Lipinski definition) is 3. The van der Waals surface area contributed by atoms with Gasteiger partial charge >= 0.3 is 0 Å². The van der Waals surface area contributed by atoms with Crippen molar-refractivity contribution >= 4 is 11.6 Å². The smallest absolute Gasteiger partial charge is 0.227 e. The number of carbonyl (C=O) groups excluding carboxylic acids is 1. The quantitative estimate of drug-likeness (QED) is 0.874. The van der Waals surface area contributed by atoms with Gasteiger partial charge in [0.2, 0.25) is 5.91 Å². The van der Waals surface area contributed by atoms with E-state index in [1.807, 2.05) is 0 Å². The summed E-state index contributed by atoms with van der Waals surface area (Å²) < 4.78 is 5.18. The first-order chi connectivity index (χ1) is 8.31. The van der Waals surface area contributed by atoms with Crippen molar-refractivity contribution in [3.63, 3.8) is 0 Å². The molecule has 1 heterocycles. The highest BCUT2D eigenvalue weighted by molar-refractivity contribution is 5.93. The van der Waals surface area contributed by atoms with Crippen LogP contribution in [0.15, 0.2) is 18.5 Å². The molecule has 4 heteroatoms. The van der Waals surface area contributed by atoms with Gasteiger partial charge in [0.1, 0.15) is 11.4 Å². The summed E-state index contributed by atoms with van der Waals surface area (Å²) >= 11 is 0. The van der Waals surface area contributed by atoms with E-state index in [0.29, 0.717) is 11.4 Å². The lowest BCUT2D eigenvalue weighted by molar-refractivity contribution is -0.120. The Labute approximate surface area is 101 Å². The number of nitrogens with zero attached hydrogens (tertiary/aromatic N) is 1. The molecule has 1 saturated carbocycles. The van der Waals surface area contributed by atoms with E-state index in [2.05, 4.69) is 10.3 Å². The van der Waals surface area contributed by atoms with Crippen molar-refractivity contribution in [1.29, 1.82) is 0 Å². The molecular weight excluding hydrogens is 216 g/mol. The molecule has 1 N–H and O–H groups in total. The van der Waals surface area contributed by atoms with E-state index in [-0.39, 0.29) is 11.8 Å². The Bertz CT molecular complexity index is 387. The zero-order valence-corrected chi connectivity index (χ0v) is 10.1. The molecule has 0 bridgehead atoms. The van der Waals surface area contributed by atoms with E-state index < -0.39 is 0 Å². The maximum absolute atomic E-state index is 12.0. The Morgan fingerprint density at radius 3 is 2.88 bits per heavy atom. The number of aromatic nitrogens is 1. The predicted octanol–water partition coefficient (Wildman–Crippen LogP) is 2.61. The normalized spacial score (nSPS) is 16.5. The van der Waals surface area contributed by atoms with Crippen molar-refractivity contribution in [1.82, 2.24) is 4.98 Å². The monoisotopic (exact) mass is 234 g/mol. The van der Waals surface area contributed by atoms with Crippen LogP contribution in [0.4, 0.5) is 5.69 Å². The van der Waals surface area contributed by atoms with Gasteiger partial charge in [-0.1, -0.05) is 19.3 Å². The summed E-state index contributed by atoms with van der Waals surface area (Å²) in [6.07, 6.45) is 8.82. The number of methoxy groups -OCH3 is 1. The Morgan fingerprint density at radius 2 is 2.18 bits per heavy atom. The van der Waals surface area contributed by atoms with Crippen LogP contribution in [0.2, 0.25) is 0 Å². The number of hydrogen-bond donors (Lipinski definition) is 1. The molecular formula is C13H18N2O2. The highest BCUT2D eigenvalue weighted by Gasteiger charge is 2.21. The molecule has 0 radical (unpaired) electrons. The molecule has 0 aliphatic heterocycles. The molecule has 1 aromatic heterocycles. The second-order valence-corrected chi connectivity index (χ2v) is 4.40. The van der Waals surface area contributed by atoms with Gasteiger partial charge in [0.05, 0.1) is 13.3 Å². The number of carbonyl (C=O) groups is 1. The third-order valence-electron chi connectivity index (χ3n) is 3.23. The SMILES string of the molecule is COc1ccncc1NC(=O)C1CCCCC1. The van der Waals surface area contributed by atoms with E-state index in [9.17, 15) is 4.79 Å². The number of nitrogens with one attached hydrogen (secondary N) is 1. The van der Waals surface area contributed by atoms with Gasteiger partial charge < -0.3 is 10.1 Å². The van der Waals surface area contributed by atoms with E-state index in [1.165, 1.54) is 6.42 Å². The summed E-state index contributed by atoms with van der Waals surface area (Å²) in [6, 6.07) is 1.75. The molecule has 1 fully saturated rings. The van der Waals surface area contributed by atoms with Crippen LogP contribution in [0, 0.1) is 5.92 Å². The average Bonchev–Trinajstić information content (AvgIpc) is 2.40. The Kier molecular flexibility index (Phi) is 3.96. The fourth-order valence-electron chi connectivity index (χ4n) is 2.25. The van der Waals surface area contributed by atoms with Crippen LogP contribution in [0.25, 0.3) is 0 Å². The lowest BCUT2D eigenvalue weighted by atomic mass is 9.88. The Hall–Kier alpha value is -1.58. The molecule has 0 atom stereocenters. The average molecular weight is 234 g/mol. The Morgan fingerprint density at radius 1 is 1.41 bits per heavy atom. The number of ether oxygens (including phenoxy) is 1. The number of amides is 1. The lowest BCUT2D eigenvalue weighted by Gasteiger charge is -2.21. The minimum Gasteiger partial charge on any atom is -0.494 e. The molecule has 92 valence electrons. The van der Waals surface area contributed by atoms with Crippen LogP contribution in [-0.2, 0) is 4.79 Å². The molecule has 1 aliphatic carbocycles. The molecule has 17 heavy (non-hydrogen) atoms. The van der Waals surface area contributed by atoms with E-state index >= 15 is 0 Å². The fourth-order valence-corrected chi connectivity index (χ4v) is 2.25.